The molecule has 2 nitrogen and oxygen atoms in total. The highest BCUT2D eigenvalue weighted by atomic mass is 127. The number of halogens is 1. The van der Waals surface area contributed by atoms with Crippen LogP contribution in [0.3, 0.4) is 0 Å². The monoisotopic (exact) mass is 698 g/mol. The van der Waals surface area contributed by atoms with E-state index < -0.39 is 0 Å². The van der Waals surface area contributed by atoms with Gasteiger partial charge in [0.05, 0.1) is 0 Å². The maximum atomic E-state index is 4.31. The zero-order chi connectivity index (χ0) is 29.3. The third kappa shape index (κ3) is 18.0. The van der Waals surface area contributed by atoms with Crippen molar-refractivity contribution in [2.24, 2.45) is 5.92 Å². The SMILES string of the molecule is ICCC1CCCCCC[C@H](NC2CCCCCCC(N3CCCCCCCCCCC3)CCCCC2)CCCCC1. The van der Waals surface area contributed by atoms with Gasteiger partial charge in [0.1, 0.15) is 0 Å². The van der Waals surface area contributed by atoms with Gasteiger partial charge in [-0.1, -0.05) is 170 Å². The summed E-state index contributed by atoms with van der Waals surface area (Å²) in [7, 11) is 0. The van der Waals surface area contributed by atoms with Gasteiger partial charge >= 0.3 is 0 Å². The van der Waals surface area contributed by atoms with Crippen molar-refractivity contribution in [2.45, 2.75) is 224 Å². The normalized spacial score (nSPS) is 31.4. The van der Waals surface area contributed by atoms with Crippen molar-refractivity contribution < 1.29 is 0 Å². The predicted octanol–water partition coefficient (Wildman–Crippen LogP) is 12.6. The van der Waals surface area contributed by atoms with Crippen molar-refractivity contribution in [2.75, 3.05) is 17.5 Å². The van der Waals surface area contributed by atoms with Crippen LogP contribution in [0.5, 0.6) is 0 Å². The Morgan fingerprint density at radius 3 is 1.17 bits per heavy atom. The first-order valence-corrected chi connectivity index (χ1v) is 21.4. The van der Waals surface area contributed by atoms with Crippen molar-refractivity contribution in [1.82, 2.24) is 10.2 Å². The lowest BCUT2D eigenvalue weighted by atomic mass is 9.92. The van der Waals surface area contributed by atoms with Crippen LogP contribution in [0.1, 0.15) is 205 Å². The molecule has 0 aromatic rings. The van der Waals surface area contributed by atoms with Gasteiger partial charge < -0.3 is 10.2 Å². The molecule has 3 unspecified atom stereocenters. The molecular weight excluding hydrogens is 623 g/mol. The summed E-state index contributed by atoms with van der Waals surface area (Å²) in [6, 6.07) is 2.44. The van der Waals surface area contributed by atoms with Crippen molar-refractivity contribution in [3.8, 4) is 0 Å². The molecule has 1 heterocycles. The Morgan fingerprint density at radius 2 is 0.738 bits per heavy atom. The van der Waals surface area contributed by atoms with Crippen LogP contribution < -0.4 is 5.32 Å². The Kier molecular flexibility index (Phi) is 22.8. The summed E-state index contributed by atoms with van der Waals surface area (Å²) < 4.78 is 1.36. The molecule has 2 aliphatic carbocycles. The number of hydrogen-bond donors (Lipinski definition) is 1. The third-order valence-electron chi connectivity index (χ3n) is 11.4. The predicted molar refractivity (Wildman–Crippen MR) is 196 cm³/mol. The van der Waals surface area contributed by atoms with Gasteiger partial charge in [0.25, 0.3) is 0 Å². The second-order valence-corrected chi connectivity index (χ2v) is 16.1. The number of nitrogens with zero attached hydrogens (tertiary/aromatic N) is 1. The van der Waals surface area contributed by atoms with Gasteiger partial charge in [-0.25, -0.2) is 0 Å². The summed E-state index contributed by atoms with van der Waals surface area (Å²) in [6.07, 6.45) is 47.0. The van der Waals surface area contributed by atoms with Crippen LogP contribution in [0.25, 0.3) is 0 Å². The lowest BCUT2D eigenvalue weighted by molar-refractivity contribution is 0.162. The molecule has 0 radical (unpaired) electrons. The van der Waals surface area contributed by atoms with Gasteiger partial charge in [-0.05, 0) is 81.2 Å². The molecule has 0 amide bonds. The largest absolute Gasteiger partial charge is 0.311 e. The molecule has 0 aromatic heterocycles. The van der Waals surface area contributed by atoms with Crippen molar-refractivity contribution >= 4 is 22.6 Å². The van der Waals surface area contributed by atoms with E-state index in [1.807, 2.05) is 0 Å². The highest BCUT2D eigenvalue weighted by Gasteiger charge is 2.20. The van der Waals surface area contributed by atoms with Crippen LogP contribution in [0.4, 0.5) is 0 Å². The average Bonchev–Trinajstić information content (AvgIpc) is 3.02. The third-order valence-corrected chi connectivity index (χ3v) is 12.0. The van der Waals surface area contributed by atoms with Crippen LogP contribution >= 0.6 is 22.6 Å². The second kappa shape index (κ2) is 25.8. The van der Waals surface area contributed by atoms with Crippen LogP contribution in [0.15, 0.2) is 0 Å². The maximum absolute atomic E-state index is 4.31. The fourth-order valence-electron chi connectivity index (χ4n) is 8.65. The molecule has 1 saturated heterocycles. The van der Waals surface area contributed by atoms with E-state index >= 15 is 0 Å². The number of rotatable bonds is 5. The van der Waals surface area contributed by atoms with Gasteiger partial charge in [0, 0.05) is 18.1 Å². The summed E-state index contributed by atoms with van der Waals surface area (Å²) >= 11 is 2.60. The minimum atomic E-state index is 0.783. The number of hydrogen-bond acceptors (Lipinski definition) is 2. The van der Waals surface area contributed by atoms with Crippen LogP contribution in [0.2, 0.25) is 0 Å². The zero-order valence-corrected chi connectivity index (χ0v) is 30.5. The summed E-state index contributed by atoms with van der Waals surface area (Å²) in [5.74, 6) is 1.02. The Balaban J connectivity index is 1.44. The molecule has 3 fully saturated rings. The molecule has 248 valence electrons. The molecule has 3 heteroatoms. The van der Waals surface area contributed by atoms with E-state index in [1.165, 1.54) is 223 Å². The number of alkyl halides is 1. The summed E-state index contributed by atoms with van der Waals surface area (Å²) in [4.78, 5) is 2.99. The molecular formula is C39H75IN2. The molecule has 2 saturated carbocycles. The Bertz CT molecular complexity index is 585. The number of nitrogens with one attached hydrogen (secondary N) is 1. The lowest BCUT2D eigenvalue weighted by Gasteiger charge is -2.32. The summed E-state index contributed by atoms with van der Waals surface area (Å²) in [5.41, 5.74) is 0. The van der Waals surface area contributed by atoms with Gasteiger partial charge in [-0.2, -0.15) is 0 Å². The van der Waals surface area contributed by atoms with E-state index in [0.29, 0.717) is 0 Å². The van der Waals surface area contributed by atoms with Gasteiger partial charge in [-0.3, -0.25) is 0 Å². The molecule has 4 atom stereocenters. The van der Waals surface area contributed by atoms with E-state index in [-0.39, 0.29) is 0 Å². The van der Waals surface area contributed by atoms with Crippen LogP contribution in [0, 0.1) is 5.92 Å². The van der Waals surface area contributed by atoms with Crippen LogP contribution in [-0.4, -0.2) is 40.5 Å². The van der Waals surface area contributed by atoms with Crippen molar-refractivity contribution in [3.63, 3.8) is 0 Å². The Morgan fingerprint density at radius 1 is 0.405 bits per heavy atom. The quantitative estimate of drug-likeness (QED) is 0.227. The maximum Gasteiger partial charge on any atom is 0.00952 e. The van der Waals surface area contributed by atoms with Crippen molar-refractivity contribution in [1.29, 1.82) is 0 Å². The molecule has 0 spiro atoms. The topological polar surface area (TPSA) is 15.3 Å². The second-order valence-electron chi connectivity index (χ2n) is 15.0. The molecule has 0 bridgehead atoms. The van der Waals surface area contributed by atoms with Crippen LogP contribution in [-0.2, 0) is 0 Å². The minimum absolute atomic E-state index is 0.783. The highest BCUT2D eigenvalue weighted by molar-refractivity contribution is 14.1. The standard InChI is InChI=1S/C39H75IN2/c40-33-32-36-24-14-6-7-16-26-37(28-18-12-15-25-36)41-38-27-17-8-9-20-30-39(31-21-13-19-29-38)42-34-22-10-4-2-1-3-5-11-23-35-42/h36-39,41H,1-35H2/t36?,37-,38?,39?/m0/s1. The first kappa shape index (κ1) is 37.1. The fourth-order valence-corrected chi connectivity index (χ4v) is 9.53. The average molecular weight is 699 g/mol. The summed E-state index contributed by atoms with van der Waals surface area (Å²) in [6.45, 7) is 2.77. The van der Waals surface area contributed by atoms with E-state index in [0.717, 1.165) is 24.0 Å². The van der Waals surface area contributed by atoms with E-state index in [4.69, 9.17) is 0 Å². The lowest BCUT2D eigenvalue weighted by Crippen LogP contribution is -2.38. The molecule has 1 N–H and O–H groups in total. The van der Waals surface area contributed by atoms with Gasteiger partial charge in [0.15, 0.2) is 0 Å². The molecule has 3 rings (SSSR count). The molecule has 0 aromatic carbocycles. The van der Waals surface area contributed by atoms with Gasteiger partial charge in [-0.15, -0.1) is 0 Å². The first-order chi connectivity index (χ1) is 20.8. The highest BCUT2D eigenvalue weighted by Crippen LogP contribution is 2.26. The first-order valence-electron chi connectivity index (χ1n) is 19.9. The molecule has 1 aliphatic heterocycles. The van der Waals surface area contributed by atoms with Crippen molar-refractivity contribution in [3.05, 3.63) is 0 Å². The smallest absolute Gasteiger partial charge is 0.00952 e. The molecule has 42 heavy (non-hydrogen) atoms. The Hall–Kier alpha value is 0.650. The van der Waals surface area contributed by atoms with E-state index in [2.05, 4.69) is 32.8 Å². The van der Waals surface area contributed by atoms with E-state index in [9.17, 15) is 0 Å². The minimum Gasteiger partial charge on any atom is -0.311 e. The fraction of sp³-hybridized carbons (Fsp3) is 1.00. The van der Waals surface area contributed by atoms with E-state index in [1.54, 1.807) is 0 Å². The summed E-state index contributed by atoms with van der Waals surface area (Å²) in [5, 5.41) is 4.31. The zero-order valence-electron chi connectivity index (χ0n) is 28.4. The van der Waals surface area contributed by atoms with Gasteiger partial charge in [0.2, 0.25) is 0 Å². The Labute approximate surface area is 278 Å². The molecule has 3 aliphatic rings.